The van der Waals surface area contributed by atoms with E-state index in [0.29, 0.717) is 22.8 Å². The van der Waals surface area contributed by atoms with E-state index in [-0.39, 0.29) is 10.8 Å². The molecule has 2 aromatic heterocycles. The van der Waals surface area contributed by atoms with Gasteiger partial charge in [-0.2, -0.15) is 0 Å². The first-order chi connectivity index (χ1) is 10.8. The summed E-state index contributed by atoms with van der Waals surface area (Å²) in [6, 6.07) is 7.58. The van der Waals surface area contributed by atoms with Crippen LogP contribution in [-0.2, 0) is 9.05 Å². The van der Waals surface area contributed by atoms with Gasteiger partial charge in [0, 0.05) is 27.6 Å². The summed E-state index contributed by atoms with van der Waals surface area (Å²) in [7, 11) is 1.60. The minimum absolute atomic E-state index is 0.0317. The van der Waals surface area contributed by atoms with Crippen molar-refractivity contribution in [2.45, 2.75) is 25.7 Å². The Morgan fingerprint density at radius 3 is 2.22 bits per heavy atom. The molecule has 0 unspecified atom stereocenters. The van der Waals surface area contributed by atoms with Gasteiger partial charge in [0.1, 0.15) is 4.90 Å². The number of benzene rings is 1. The topological polar surface area (TPSA) is 88.9 Å². The molecule has 8 heteroatoms. The van der Waals surface area contributed by atoms with Crippen molar-refractivity contribution in [2.24, 2.45) is 0 Å². The molecular formula is C15H14ClN3O3S. The Bertz CT molecular complexity index is 972. The van der Waals surface area contributed by atoms with Crippen LogP contribution in [0.25, 0.3) is 22.9 Å². The van der Waals surface area contributed by atoms with Crippen LogP contribution in [0.15, 0.2) is 33.6 Å². The Morgan fingerprint density at radius 2 is 1.61 bits per heavy atom. The molecule has 3 rings (SSSR count). The zero-order chi connectivity index (χ0) is 16.8. The lowest BCUT2D eigenvalue weighted by molar-refractivity contribution is 0.580. The highest BCUT2D eigenvalue weighted by molar-refractivity contribution is 8.13. The summed E-state index contributed by atoms with van der Waals surface area (Å²) in [6.07, 6.45) is 0. The van der Waals surface area contributed by atoms with Crippen LogP contribution in [0.3, 0.4) is 0 Å². The normalized spacial score (nSPS) is 11.8. The SMILES string of the molecule is Cc1ccc(-c2nnc(-c3c(C)[nH]c(C)c3S(=O)(=O)Cl)o2)cc1. The summed E-state index contributed by atoms with van der Waals surface area (Å²) < 4.78 is 29.3. The number of aryl methyl sites for hydroxylation is 3. The summed E-state index contributed by atoms with van der Waals surface area (Å²) in [5.41, 5.74) is 3.21. The number of halogens is 1. The smallest absolute Gasteiger partial charge is 0.263 e. The molecule has 0 aliphatic rings. The molecule has 0 radical (unpaired) electrons. The minimum atomic E-state index is -3.94. The maximum atomic E-state index is 11.8. The van der Waals surface area contributed by atoms with Crippen molar-refractivity contribution in [1.29, 1.82) is 0 Å². The van der Waals surface area contributed by atoms with Crippen molar-refractivity contribution < 1.29 is 12.8 Å². The Balaban J connectivity index is 2.13. The number of nitrogens with zero attached hydrogens (tertiary/aromatic N) is 2. The first kappa shape index (κ1) is 15.8. The van der Waals surface area contributed by atoms with Crippen LogP contribution in [0.1, 0.15) is 17.0 Å². The highest BCUT2D eigenvalue weighted by Crippen LogP contribution is 2.35. The van der Waals surface area contributed by atoms with Crippen molar-refractivity contribution in [1.82, 2.24) is 15.2 Å². The number of hydrogen-bond acceptors (Lipinski definition) is 5. The maximum absolute atomic E-state index is 11.8. The Hall–Kier alpha value is -2.12. The van der Waals surface area contributed by atoms with Gasteiger partial charge in [0.05, 0.1) is 5.56 Å². The van der Waals surface area contributed by atoms with Crippen molar-refractivity contribution in [2.75, 3.05) is 0 Å². The number of hydrogen-bond donors (Lipinski definition) is 1. The molecule has 0 spiro atoms. The van der Waals surface area contributed by atoms with E-state index in [1.807, 2.05) is 31.2 Å². The van der Waals surface area contributed by atoms with Crippen molar-refractivity contribution in [3.8, 4) is 22.9 Å². The van der Waals surface area contributed by atoms with Gasteiger partial charge in [-0.15, -0.1) is 10.2 Å². The van der Waals surface area contributed by atoms with Crippen LogP contribution in [0.5, 0.6) is 0 Å². The second kappa shape index (κ2) is 5.50. The summed E-state index contributed by atoms with van der Waals surface area (Å²) in [4.78, 5) is 2.91. The average molecular weight is 352 g/mol. The van der Waals surface area contributed by atoms with Crippen LogP contribution in [-0.4, -0.2) is 23.6 Å². The zero-order valence-electron chi connectivity index (χ0n) is 12.7. The molecule has 3 aromatic rings. The molecule has 0 saturated carbocycles. The molecule has 0 amide bonds. The van der Waals surface area contributed by atoms with Gasteiger partial charge in [-0.05, 0) is 32.9 Å². The molecule has 0 fully saturated rings. The van der Waals surface area contributed by atoms with Gasteiger partial charge >= 0.3 is 0 Å². The number of nitrogens with one attached hydrogen (secondary N) is 1. The van der Waals surface area contributed by atoms with Crippen LogP contribution in [0, 0.1) is 20.8 Å². The predicted octanol–water partition coefficient (Wildman–Crippen LogP) is 3.58. The highest BCUT2D eigenvalue weighted by atomic mass is 35.7. The van der Waals surface area contributed by atoms with E-state index in [4.69, 9.17) is 15.1 Å². The van der Waals surface area contributed by atoms with Gasteiger partial charge in [0.15, 0.2) is 0 Å². The van der Waals surface area contributed by atoms with E-state index < -0.39 is 9.05 Å². The zero-order valence-corrected chi connectivity index (χ0v) is 14.3. The number of rotatable bonds is 3. The number of aromatic amines is 1. The lowest BCUT2D eigenvalue weighted by Gasteiger charge is -1.99. The molecule has 2 heterocycles. The standard InChI is InChI=1S/C15H14ClN3O3S/c1-8-4-6-11(7-5-8)14-18-19-15(22-14)12-9(2)17-10(3)13(12)23(16,20)21/h4-7,17H,1-3H3. The van der Waals surface area contributed by atoms with E-state index >= 15 is 0 Å². The molecule has 0 aliphatic carbocycles. The fourth-order valence-corrected chi connectivity index (χ4v) is 3.94. The second-order valence-corrected chi connectivity index (χ2v) is 7.80. The van der Waals surface area contributed by atoms with Crippen LogP contribution in [0.2, 0.25) is 0 Å². The third-order valence-corrected chi connectivity index (χ3v) is 4.96. The van der Waals surface area contributed by atoms with Crippen molar-refractivity contribution >= 4 is 19.7 Å². The molecule has 0 aliphatic heterocycles. The quantitative estimate of drug-likeness (QED) is 0.728. The van der Waals surface area contributed by atoms with Gasteiger partial charge in [0.25, 0.3) is 14.9 Å². The first-order valence-corrected chi connectivity index (χ1v) is 9.13. The fraction of sp³-hybridized carbons (Fsp3) is 0.200. The van der Waals surface area contributed by atoms with Gasteiger partial charge in [0.2, 0.25) is 5.89 Å². The monoisotopic (exact) mass is 351 g/mol. The van der Waals surface area contributed by atoms with E-state index in [1.165, 1.54) is 0 Å². The summed E-state index contributed by atoms with van der Waals surface area (Å²) in [5.74, 6) is 0.429. The van der Waals surface area contributed by atoms with Crippen LogP contribution >= 0.6 is 10.7 Å². The lowest BCUT2D eigenvalue weighted by Crippen LogP contribution is -1.94. The predicted molar refractivity (Wildman–Crippen MR) is 86.8 cm³/mol. The van der Waals surface area contributed by atoms with E-state index in [1.54, 1.807) is 13.8 Å². The Kier molecular flexibility index (Phi) is 3.77. The van der Waals surface area contributed by atoms with Gasteiger partial charge < -0.3 is 9.40 Å². The largest absolute Gasteiger partial charge is 0.416 e. The number of aromatic nitrogens is 3. The summed E-state index contributed by atoms with van der Waals surface area (Å²) in [6.45, 7) is 5.33. The van der Waals surface area contributed by atoms with Crippen molar-refractivity contribution in [3.63, 3.8) is 0 Å². The molecule has 1 aromatic carbocycles. The van der Waals surface area contributed by atoms with E-state index in [0.717, 1.165) is 11.1 Å². The Morgan fingerprint density at radius 1 is 1.00 bits per heavy atom. The minimum Gasteiger partial charge on any atom is -0.416 e. The van der Waals surface area contributed by atoms with Crippen LogP contribution < -0.4 is 0 Å². The van der Waals surface area contributed by atoms with Crippen molar-refractivity contribution in [3.05, 3.63) is 41.2 Å². The molecular weight excluding hydrogens is 338 g/mol. The van der Waals surface area contributed by atoms with E-state index in [2.05, 4.69) is 15.2 Å². The van der Waals surface area contributed by atoms with Gasteiger partial charge in [-0.25, -0.2) is 8.42 Å². The molecule has 120 valence electrons. The van der Waals surface area contributed by atoms with Gasteiger partial charge in [-0.1, -0.05) is 17.7 Å². The highest BCUT2D eigenvalue weighted by Gasteiger charge is 2.27. The molecule has 1 N–H and O–H groups in total. The fourth-order valence-electron chi connectivity index (χ4n) is 2.46. The number of H-pyrrole nitrogens is 1. The molecule has 0 bridgehead atoms. The lowest BCUT2D eigenvalue weighted by atomic mass is 10.1. The molecule has 0 saturated heterocycles. The Labute approximate surface area is 137 Å². The first-order valence-electron chi connectivity index (χ1n) is 6.82. The summed E-state index contributed by atoms with van der Waals surface area (Å²) >= 11 is 0. The average Bonchev–Trinajstić information content (AvgIpc) is 3.03. The second-order valence-electron chi connectivity index (χ2n) is 5.30. The maximum Gasteiger partial charge on any atom is 0.263 e. The summed E-state index contributed by atoms with van der Waals surface area (Å²) in [5, 5.41) is 7.97. The third kappa shape index (κ3) is 2.89. The van der Waals surface area contributed by atoms with Crippen LogP contribution in [0.4, 0.5) is 0 Å². The van der Waals surface area contributed by atoms with E-state index in [9.17, 15) is 8.42 Å². The molecule has 0 atom stereocenters. The molecule has 6 nitrogen and oxygen atoms in total. The molecule has 23 heavy (non-hydrogen) atoms. The van der Waals surface area contributed by atoms with Gasteiger partial charge in [-0.3, -0.25) is 0 Å². The third-order valence-electron chi connectivity index (χ3n) is 3.50.